The predicted molar refractivity (Wildman–Crippen MR) is 98.1 cm³/mol. The van der Waals surface area contributed by atoms with Gasteiger partial charge in [-0.2, -0.15) is 0 Å². The smallest absolute Gasteiger partial charge is 0.243 e. The third-order valence-electron chi connectivity index (χ3n) is 3.50. The molecule has 128 valence electrons. The number of aryl methyl sites for hydroxylation is 1. The molecule has 0 unspecified atom stereocenters. The molecule has 2 amide bonds. The summed E-state index contributed by atoms with van der Waals surface area (Å²) in [4.78, 5) is 28.1. The zero-order valence-electron chi connectivity index (χ0n) is 13.3. The highest BCUT2D eigenvalue weighted by molar-refractivity contribution is 9.10. The van der Waals surface area contributed by atoms with Gasteiger partial charge in [0.05, 0.1) is 12.2 Å². The molecule has 0 saturated carbocycles. The number of halogens is 1. The number of fused-ring (bicyclic) bond motifs is 1. The molecule has 1 aromatic heterocycles. The number of oxazole rings is 1. The molecule has 1 heterocycles. The molecule has 2 N–H and O–H groups in total. The van der Waals surface area contributed by atoms with E-state index in [2.05, 4.69) is 31.5 Å². The van der Waals surface area contributed by atoms with E-state index in [1.165, 1.54) is 0 Å². The number of hydrogen-bond acceptors (Lipinski definition) is 4. The highest BCUT2D eigenvalue weighted by Crippen LogP contribution is 2.20. The van der Waals surface area contributed by atoms with Crippen LogP contribution in [-0.2, 0) is 16.0 Å². The normalized spacial score (nSPS) is 10.6. The highest BCUT2D eigenvalue weighted by atomic mass is 79.9. The molecule has 0 bridgehead atoms. The second-order valence-corrected chi connectivity index (χ2v) is 6.23. The van der Waals surface area contributed by atoms with Gasteiger partial charge < -0.3 is 15.1 Å². The largest absolute Gasteiger partial charge is 0.441 e. The van der Waals surface area contributed by atoms with Gasteiger partial charge in [0.2, 0.25) is 11.8 Å². The quantitative estimate of drug-likeness (QED) is 0.663. The summed E-state index contributed by atoms with van der Waals surface area (Å²) < 4.78 is 6.34. The number of rotatable bonds is 6. The molecule has 2 aromatic carbocycles. The van der Waals surface area contributed by atoms with Gasteiger partial charge >= 0.3 is 0 Å². The Bertz CT molecular complexity index is 874. The molecule has 0 aliphatic heterocycles. The molecule has 7 heteroatoms. The molecule has 0 spiro atoms. The van der Waals surface area contributed by atoms with E-state index < -0.39 is 0 Å². The van der Waals surface area contributed by atoms with Crippen molar-refractivity contribution in [2.45, 2.75) is 12.8 Å². The van der Waals surface area contributed by atoms with E-state index in [0.717, 1.165) is 9.99 Å². The molecular weight excluding hydrogens is 386 g/mol. The number of carbonyl (C=O) groups excluding carboxylic acids is 2. The fourth-order valence-electron chi connectivity index (χ4n) is 2.27. The standard InChI is InChI=1S/C18H16BrN3O3/c19-12-5-1-2-6-13(12)21-17(24)11-20-16(23)9-10-18-22-14-7-3-4-8-15(14)25-18/h1-8H,9-11H2,(H,20,23)(H,21,24). The molecule has 25 heavy (non-hydrogen) atoms. The van der Waals surface area contributed by atoms with Crippen molar-refractivity contribution in [2.24, 2.45) is 0 Å². The molecule has 0 atom stereocenters. The summed E-state index contributed by atoms with van der Waals surface area (Å²) in [5.41, 5.74) is 2.13. The number of anilines is 1. The van der Waals surface area contributed by atoms with Crippen LogP contribution in [0.25, 0.3) is 11.1 Å². The number of benzene rings is 2. The third kappa shape index (κ3) is 4.67. The average molecular weight is 402 g/mol. The fourth-order valence-corrected chi connectivity index (χ4v) is 2.66. The van der Waals surface area contributed by atoms with Crippen LogP contribution in [0, 0.1) is 0 Å². The van der Waals surface area contributed by atoms with Gasteiger partial charge in [-0.3, -0.25) is 9.59 Å². The number of hydrogen-bond donors (Lipinski definition) is 2. The van der Waals surface area contributed by atoms with Crippen LogP contribution in [0.3, 0.4) is 0 Å². The van der Waals surface area contributed by atoms with Crippen molar-refractivity contribution in [1.29, 1.82) is 0 Å². The Hall–Kier alpha value is -2.67. The number of amides is 2. The fraction of sp³-hybridized carbons (Fsp3) is 0.167. The second kappa shape index (κ2) is 7.94. The SMILES string of the molecule is O=C(CCc1nc2ccccc2o1)NCC(=O)Nc1ccccc1Br. The molecular formula is C18H16BrN3O3. The Balaban J connectivity index is 1.44. The van der Waals surface area contributed by atoms with Crippen molar-refractivity contribution < 1.29 is 14.0 Å². The van der Waals surface area contributed by atoms with Gasteiger partial charge in [-0.05, 0) is 40.2 Å². The van der Waals surface area contributed by atoms with Crippen LogP contribution in [-0.4, -0.2) is 23.3 Å². The maximum Gasteiger partial charge on any atom is 0.243 e. The number of nitrogens with zero attached hydrogens (tertiary/aromatic N) is 1. The summed E-state index contributed by atoms with van der Waals surface area (Å²) in [5, 5.41) is 5.32. The van der Waals surface area contributed by atoms with Crippen LogP contribution in [0.2, 0.25) is 0 Å². The molecule has 0 radical (unpaired) electrons. The molecule has 0 aliphatic rings. The van der Waals surface area contributed by atoms with Crippen LogP contribution < -0.4 is 10.6 Å². The topological polar surface area (TPSA) is 84.2 Å². The first kappa shape index (κ1) is 17.2. The Labute approximate surface area is 152 Å². The van der Waals surface area contributed by atoms with Crippen LogP contribution in [0.4, 0.5) is 5.69 Å². The van der Waals surface area contributed by atoms with Crippen molar-refractivity contribution >= 4 is 44.5 Å². The van der Waals surface area contributed by atoms with Crippen molar-refractivity contribution in [1.82, 2.24) is 10.3 Å². The van der Waals surface area contributed by atoms with E-state index >= 15 is 0 Å². The van der Waals surface area contributed by atoms with Gasteiger partial charge in [0.15, 0.2) is 11.5 Å². The zero-order valence-corrected chi connectivity index (χ0v) is 14.9. The summed E-state index contributed by atoms with van der Waals surface area (Å²) >= 11 is 3.35. The van der Waals surface area contributed by atoms with E-state index in [4.69, 9.17) is 4.42 Å². The maximum absolute atomic E-state index is 11.9. The second-order valence-electron chi connectivity index (χ2n) is 5.38. The number of aromatic nitrogens is 1. The minimum absolute atomic E-state index is 0.0896. The minimum Gasteiger partial charge on any atom is -0.441 e. The first-order valence-corrected chi connectivity index (χ1v) is 8.56. The number of carbonyl (C=O) groups is 2. The van der Waals surface area contributed by atoms with E-state index in [1.807, 2.05) is 42.5 Å². The molecule has 6 nitrogen and oxygen atoms in total. The lowest BCUT2D eigenvalue weighted by Gasteiger charge is -2.08. The molecule has 0 saturated heterocycles. The first-order chi connectivity index (χ1) is 12.1. The highest BCUT2D eigenvalue weighted by Gasteiger charge is 2.10. The van der Waals surface area contributed by atoms with Crippen molar-refractivity contribution in [2.75, 3.05) is 11.9 Å². The van der Waals surface area contributed by atoms with Gasteiger partial charge in [0.1, 0.15) is 5.52 Å². The van der Waals surface area contributed by atoms with Gasteiger partial charge in [0, 0.05) is 17.3 Å². The van der Waals surface area contributed by atoms with Crippen molar-refractivity contribution in [3.8, 4) is 0 Å². The molecule has 0 fully saturated rings. The van der Waals surface area contributed by atoms with E-state index in [1.54, 1.807) is 6.07 Å². The van der Waals surface area contributed by atoms with Gasteiger partial charge in [-0.1, -0.05) is 24.3 Å². The monoisotopic (exact) mass is 401 g/mol. The summed E-state index contributed by atoms with van der Waals surface area (Å²) in [6, 6.07) is 14.7. The zero-order chi connectivity index (χ0) is 17.6. The van der Waals surface area contributed by atoms with Crippen LogP contribution in [0.15, 0.2) is 57.4 Å². The maximum atomic E-state index is 11.9. The van der Waals surface area contributed by atoms with E-state index in [0.29, 0.717) is 23.6 Å². The summed E-state index contributed by atoms with van der Waals surface area (Å²) in [6.07, 6.45) is 0.585. The lowest BCUT2D eigenvalue weighted by Crippen LogP contribution is -2.33. The van der Waals surface area contributed by atoms with Crippen molar-refractivity contribution in [3.63, 3.8) is 0 Å². The van der Waals surface area contributed by atoms with E-state index in [9.17, 15) is 9.59 Å². The third-order valence-corrected chi connectivity index (χ3v) is 4.19. The van der Waals surface area contributed by atoms with Crippen LogP contribution in [0.1, 0.15) is 12.3 Å². The van der Waals surface area contributed by atoms with Gasteiger partial charge in [0.25, 0.3) is 0 Å². The Kier molecular flexibility index (Phi) is 5.45. The Morgan fingerprint density at radius 2 is 1.80 bits per heavy atom. The Morgan fingerprint density at radius 3 is 2.60 bits per heavy atom. The average Bonchev–Trinajstić information content (AvgIpc) is 3.03. The molecule has 3 aromatic rings. The predicted octanol–water partition coefficient (Wildman–Crippen LogP) is 3.28. The van der Waals surface area contributed by atoms with E-state index in [-0.39, 0.29) is 24.8 Å². The lowest BCUT2D eigenvalue weighted by molar-refractivity contribution is -0.124. The molecule has 3 rings (SSSR count). The van der Waals surface area contributed by atoms with Crippen molar-refractivity contribution in [3.05, 3.63) is 58.9 Å². The van der Waals surface area contributed by atoms with Crippen LogP contribution in [0.5, 0.6) is 0 Å². The summed E-state index contributed by atoms with van der Waals surface area (Å²) in [7, 11) is 0. The number of nitrogens with one attached hydrogen (secondary N) is 2. The van der Waals surface area contributed by atoms with Gasteiger partial charge in [-0.15, -0.1) is 0 Å². The summed E-state index contributed by atoms with van der Waals surface area (Å²) in [6.45, 7) is -0.0896. The minimum atomic E-state index is -0.290. The number of para-hydroxylation sites is 3. The first-order valence-electron chi connectivity index (χ1n) is 7.77. The lowest BCUT2D eigenvalue weighted by atomic mass is 10.3. The van der Waals surface area contributed by atoms with Crippen LogP contribution >= 0.6 is 15.9 Å². The summed E-state index contributed by atoms with van der Waals surface area (Å²) in [5.74, 6) is -0.0133. The molecule has 0 aliphatic carbocycles. The Morgan fingerprint density at radius 1 is 1.04 bits per heavy atom. The van der Waals surface area contributed by atoms with Gasteiger partial charge in [-0.25, -0.2) is 4.98 Å².